The molecule has 0 saturated heterocycles. The van der Waals surface area contributed by atoms with Crippen molar-refractivity contribution in [1.82, 2.24) is 0 Å². The van der Waals surface area contributed by atoms with Crippen molar-refractivity contribution < 1.29 is 18.0 Å². The molecule has 0 spiro atoms. The van der Waals surface area contributed by atoms with Crippen LogP contribution in [-0.4, -0.2) is 6.21 Å². The smallest absolute Gasteiger partial charge is 0.263 e. The highest BCUT2D eigenvalue weighted by Crippen LogP contribution is 2.19. The van der Waals surface area contributed by atoms with Crippen molar-refractivity contribution in [2.45, 2.75) is 13.0 Å². The fourth-order valence-corrected chi connectivity index (χ4v) is 1.53. The Hall–Kier alpha value is -2.30. The quantitative estimate of drug-likeness (QED) is 0.593. The Morgan fingerprint density at radius 1 is 1.10 bits per heavy atom. The first-order valence-electron chi connectivity index (χ1n) is 5.86. The van der Waals surface area contributed by atoms with Crippen molar-refractivity contribution >= 4 is 6.21 Å². The monoisotopic (exact) mass is 278 g/mol. The minimum atomic E-state index is -2.51. The van der Waals surface area contributed by atoms with Crippen molar-refractivity contribution in [1.29, 1.82) is 0 Å². The van der Waals surface area contributed by atoms with Gasteiger partial charge < -0.3 is 4.84 Å². The van der Waals surface area contributed by atoms with Gasteiger partial charge in [-0.1, -0.05) is 23.4 Å². The maximum absolute atomic E-state index is 12.6. The zero-order valence-corrected chi connectivity index (χ0v) is 10.4. The molecule has 0 aliphatic carbocycles. The maximum Gasteiger partial charge on any atom is 0.263 e. The molecule has 0 saturated carbocycles. The first-order valence-corrected chi connectivity index (χ1v) is 5.86. The summed E-state index contributed by atoms with van der Waals surface area (Å²) in [4.78, 5) is 4.96. The molecule has 0 aliphatic rings. The standard InChI is InChI=1S/C15H11F3NO/c16-14-6-4-11(5-7-14)9-19-20-10-12-2-1-3-13(8-12)15(17)18/h1-8,15H,10H2. The number of alkyl halides is 2. The van der Waals surface area contributed by atoms with Gasteiger partial charge in [0.15, 0.2) is 0 Å². The van der Waals surface area contributed by atoms with Crippen molar-refractivity contribution in [3.8, 4) is 0 Å². The van der Waals surface area contributed by atoms with Crippen LogP contribution in [0.1, 0.15) is 23.1 Å². The Balaban J connectivity index is 1.89. The molecule has 20 heavy (non-hydrogen) atoms. The van der Waals surface area contributed by atoms with Gasteiger partial charge in [-0.25, -0.2) is 13.2 Å². The maximum atomic E-state index is 12.6. The lowest BCUT2D eigenvalue weighted by atomic mass is 10.1. The highest BCUT2D eigenvalue weighted by molar-refractivity contribution is 5.78. The van der Waals surface area contributed by atoms with Crippen LogP contribution in [0.3, 0.4) is 0 Å². The van der Waals surface area contributed by atoms with Gasteiger partial charge in [0.05, 0.1) is 0 Å². The van der Waals surface area contributed by atoms with Crippen LogP contribution in [0.4, 0.5) is 13.2 Å². The van der Waals surface area contributed by atoms with Gasteiger partial charge in [-0.15, -0.1) is 0 Å². The van der Waals surface area contributed by atoms with E-state index in [0.717, 1.165) is 0 Å². The molecule has 1 radical (unpaired) electrons. The summed E-state index contributed by atoms with van der Waals surface area (Å²) in [6.45, 7) is 0.0642. The minimum Gasteiger partial charge on any atom is -0.390 e. The molecule has 0 amide bonds. The molecule has 2 aromatic rings. The van der Waals surface area contributed by atoms with Gasteiger partial charge in [-0.05, 0) is 35.9 Å². The van der Waals surface area contributed by atoms with E-state index < -0.39 is 6.43 Å². The molecule has 0 bridgehead atoms. The van der Waals surface area contributed by atoms with Crippen LogP contribution in [0.2, 0.25) is 0 Å². The van der Waals surface area contributed by atoms with E-state index in [2.05, 4.69) is 11.4 Å². The van der Waals surface area contributed by atoms with E-state index in [-0.39, 0.29) is 18.0 Å². The van der Waals surface area contributed by atoms with E-state index in [1.807, 2.05) is 0 Å². The lowest BCUT2D eigenvalue weighted by molar-refractivity contribution is 0.130. The van der Waals surface area contributed by atoms with E-state index in [4.69, 9.17) is 4.84 Å². The van der Waals surface area contributed by atoms with Crippen LogP contribution >= 0.6 is 0 Å². The Morgan fingerprint density at radius 3 is 2.55 bits per heavy atom. The average Bonchev–Trinajstić information content (AvgIpc) is 2.46. The first-order chi connectivity index (χ1) is 9.65. The fraction of sp³-hybridized carbons (Fsp3) is 0.133. The highest BCUT2D eigenvalue weighted by atomic mass is 19.3. The summed E-state index contributed by atoms with van der Waals surface area (Å²) in [6, 6.07) is 11.5. The SMILES string of the molecule is Fc1ccc(/[C]=N\OCc2cccc(C(F)F)c2)cc1. The van der Waals surface area contributed by atoms with Crippen molar-refractivity contribution in [2.75, 3.05) is 0 Å². The molecule has 0 unspecified atom stereocenters. The van der Waals surface area contributed by atoms with E-state index in [9.17, 15) is 13.2 Å². The summed E-state index contributed by atoms with van der Waals surface area (Å²) >= 11 is 0. The largest absolute Gasteiger partial charge is 0.390 e. The molecule has 0 atom stereocenters. The Kier molecular flexibility index (Phi) is 4.76. The number of hydrogen-bond donors (Lipinski definition) is 0. The van der Waals surface area contributed by atoms with E-state index in [0.29, 0.717) is 11.1 Å². The van der Waals surface area contributed by atoms with Crippen LogP contribution in [-0.2, 0) is 11.4 Å². The molecule has 2 rings (SSSR count). The minimum absolute atomic E-state index is 0.0578. The van der Waals surface area contributed by atoms with Crippen LogP contribution in [0.15, 0.2) is 53.7 Å². The topological polar surface area (TPSA) is 21.6 Å². The van der Waals surface area contributed by atoms with E-state index in [1.54, 1.807) is 6.07 Å². The van der Waals surface area contributed by atoms with E-state index >= 15 is 0 Å². The van der Waals surface area contributed by atoms with Crippen LogP contribution in [0.25, 0.3) is 0 Å². The molecular formula is C15H11F3NO. The molecule has 2 nitrogen and oxygen atoms in total. The summed E-state index contributed by atoms with van der Waals surface area (Å²) in [6.07, 6.45) is 0.0575. The van der Waals surface area contributed by atoms with Gasteiger partial charge in [0, 0.05) is 11.1 Å². The number of hydrogen-bond acceptors (Lipinski definition) is 2. The Bertz CT molecular complexity index is 582. The van der Waals surface area contributed by atoms with Gasteiger partial charge in [0.2, 0.25) is 0 Å². The summed E-state index contributed by atoms with van der Waals surface area (Å²) in [7, 11) is 0. The van der Waals surface area contributed by atoms with Gasteiger partial charge in [0.25, 0.3) is 6.43 Å². The lowest BCUT2D eigenvalue weighted by Crippen LogP contribution is -1.91. The molecule has 0 aliphatic heterocycles. The predicted molar refractivity (Wildman–Crippen MR) is 69.1 cm³/mol. The van der Waals surface area contributed by atoms with Crippen LogP contribution < -0.4 is 0 Å². The lowest BCUT2D eigenvalue weighted by Gasteiger charge is -2.03. The highest BCUT2D eigenvalue weighted by Gasteiger charge is 2.06. The van der Waals surface area contributed by atoms with Gasteiger partial charge >= 0.3 is 0 Å². The molecule has 0 fully saturated rings. The van der Waals surface area contributed by atoms with E-state index in [1.165, 1.54) is 42.5 Å². The fourth-order valence-electron chi connectivity index (χ4n) is 1.53. The molecule has 2 aromatic carbocycles. The van der Waals surface area contributed by atoms with Crippen molar-refractivity contribution in [2.24, 2.45) is 5.16 Å². The van der Waals surface area contributed by atoms with Gasteiger partial charge in [-0.2, -0.15) is 0 Å². The van der Waals surface area contributed by atoms with Crippen molar-refractivity contribution in [3.05, 3.63) is 71.0 Å². The van der Waals surface area contributed by atoms with Gasteiger partial charge in [-0.3, -0.25) is 0 Å². The second kappa shape index (κ2) is 6.75. The third-order valence-corrected chi connectivity index (χ3v) is 2.52. The molecule has 103 valence electrons. The summed E-state index contributed by atoms with van der Waals surface area (Å²) in [5, 5.41) is 3.58. The zero-order chi connectivity index (χ0) is 14.4. The predicted octanol–water partition coefficient (Wildman–Crippen LogP) is 4.19. The average molecular weight is 278 g/mol. The molecule has 0 N–H and O–H groups in total. The van der Waals surface area contributed by atoms with Gasteiger partial charge in [0.1, 0.15) is 18.6 Å². The molecular weight excluding hydrogens is 267 g/mol. The second-order valence-electron chi connectivity index (χ2n) is 4.03. The number of benzene rings is 2. The molecule has 0 heterocycles. The summed E-state index contributed by atoms with van der Waals surface area (Å²) in [5.41, 5.74) is 1.10. The third-order valence-electron chi connectivity index (χ3n) is 2.52. The molecule has 0 aromatic heterocycles. The third kappa shape index (κ3) is 4.12. The first kappa shape index (κ1) is 14.1. The number of rotatable bonds is 5. The number of nitrogens with zero attached hydrogens (tertiary/aromatic N) is 1. The normalized spacial score (nSPS) is 11.2. The Labute approximate surface area is 114 Å². The Morgan fingerprint density at radius 2 is 1.85 bits per heavy atom. The second-order valence-corrected chi connectivity index (χ2v) is 4.03. The summed E-state index contributed by atoms with van der Waals surface area (Å²) < 4.78 is 37.6. The molecule has 5 heteroatoms. The van der Waals surface area contributed by atoms with Crippen molar-refractivity contribution in [3.63, 3.8) is 0 Å². The van der Waals surface area contributed by atoms with Crippen LogP contribution in [0.5, 0.6) is 0 Å². The number of halogens is 3. The van der Waals surface area contributed by atoms with Crippen LogP contribution in [0, 0.1) is 5.82 Å². The zero-order valence-electron chi connectivity index (χ0n) is 10.4. The summed E-state index contributed by atoms with van der Waals surface area (Å²) in [5.74, 6) is -0.347.